The van der Waals surface area contributed by atoms with Crippen molar-refractivity contribution in [2.75, 3.05) is 13.1 Å². The van der Waals surface area contributed by atoms with Crippen molar-refractivity contribution in [2.45, 2.75) is 24.3 Å². The molecule has 0 aliphatic carbocycles. The fourth-order valence-electron chi connectivity index (χ4n) is 2.35. The van der Waals surface area contributed by atoms with Crippen LogP contribution in [-0.2, 0) is 0 Å². The zero-order chi connectivity index (χ0) is 15.7. The minimum Gasteiger partial charge on any atom is -0.336 e. The maximum atomic E-state index is 13.9. The predicted octanol–water partition coefficient (Wildman–Crippen LogP) is 2.84. The number of nitrogens with zero attached hydrogens (tertiary/aromatic N) is 2. The molecule has 0 spiro atoms. The summed E-state index contributed by atoms with van der Waals surface area (Å²) in [5.41, 5.74) is -1.44. The summed E-state index contributed by atoms with van der Waals surface area (Å²) in [5, 5.41) is 10.9. The third-order valence-corrected chi connectivity index (χ3v) is 4.40. The SMILES string of the molecule is CC1CN(C(=O)c2cc(F)c([N+](=O)[O-])cc2F)CC(C)S1. The van der Waals surface area contributed by atoms with Gasteiger partial charge in [-0.25, -0.2) is 4.39 Å². The number of hydrogen-bond donors (Lipinski definition) is 0. The Morgan fingerprint density at radius 2 is 1.86 bits per heavy atom. The monoisotopic (exact) mass is 316 g/mol. The summed E-state index contributed by atoms with van der Waals surface area (Å²) in [4.78, 5) is 23.3. The first kappa shape index (κ1) is 15.7. The summed E-state index contributed by atoms with van der Waals surface area (Å²) < 4.78 is 27.4. The van der Waals surface area contributed by atoms with Gasteiger partial charge in [0.2, 0.25) is 5.82 Å². The Kier molecular flexibility index (Phi) is 4.46. The molecular formula is C13H14F2N2O3S. The molecule has 1 saturated heterocycles. The zero-order valence-corrected chi connectivity index (χ0v) is 12.3. The molecule has 1 fully saturated rings. The molecule has 1 aromatic rings. The van der Waals surface area contributed by atoms with Crippen molar-refractivity contribution < 1.29 is 18.5 Å². The van der Waals surface area contributed by atoms with Gasteiger partial charge >= 0.3 is 5.69 Å². The van der Waals surface area contributed by atoms with Crippen LogP contribution < -0.4 is 0 Å². The van der Waals surface area contributed by atoms with E-state index in [1.54, 1.807) is 11.8 Å². The van der Waals surface area contributed by atoms with Crippen LogP contribution in [0.25, 0.3) is 0 Å². The second-order valence-corrected chi connectivity index (χ2v) is 6.89. The van der Waals surface area contributed by atoms with Crippen molar-refractivity contribution in [1.82, 2.24) is 4.90 Å². The predicted molar refractivity (Wildman–Crippen MR) is 75.4 cm³/mol. The van der Waals surface area contributed by atoms with Crippen LogP contribution >= 0.6 is 11.8 Å². The van der Waals surface area contributed by atoms with Gasteiger partial charge in [-0.15, -0.1) is 0 Å². The van der Waals surface area contributed by atoms with Crippen LogP contribution in [0.15, 0.2) is 12.1 Å². The molecule has 0 radical (unpaired) electrons. The maximum absolute atomic E-state index is 13.9. The van der Waals surface area contributed by atoms with Crippen LogP contribution in [0.3, 0.4) is 0 Å². The molecule has 0 aromatic heterocycles. The van der Waals surface area contributed by atoms with Gasteiger partial charge in [0.1, 0.15) is 5.82 Å². The van der Waals surface area contributed by atoms with Gasteiger partial charge in [-0.1, -0.05) is 13.8 Å². The molecule has 0 bridgehead atoms. The Morgan fingerprint density at radius 1 is 1.29 bits per heavy atom. The second kappa shape index (κ2) is 5.97. The number of rotatable bonds is 2. The number of hydrogen-bond acceptors (Lipinski definition) is 4. The number of thioether (sulfide) groups is 1. The Balaban J connectivity index is 2.31. The first-order valence-electron chi connectivity index (χ1n) is 6.37. The standard InChI is InChI=1S/C13H14F2N2O3S/c1-7-5-16(6-8(2)21-7)13(18)9-3-11(15)12(17(19)20)4-10(9)14/h3-4,7-8H,5-6H2,1-2H3. The minimum atomic E-state index is -1.21. The van der Waals surface area contributed by atoms with Gasteiger partial charge in [-0.2, -0.15) is 16.2 Å². The normalized spacial score (nSPS) is 22.2. The molecule has 1 heterocycles. The van der Waals surface area contributed by atoms with Crippen molar-refractivity contribution in [1.29, 1.82) is 0 Å². The van der Waals surface area contributed by atoms with Crippen molar-refractivity contribution in [3.63, 3.8) is 0 Å². The number of amides is 1. The van der Waals surface area contributed by atoms with E-state index in [2.05, 4.69) is 0 Å². The smallest absolute Gasteiger partial charge is 0.307 e. The molecule has 1 aliphatic heterocycles. The van der Waals surface area contributed by atoms with E-state index < -0.39 is 33.7 Å². The lowest BCUT2D eigenvalue weighted by molar-refractivity contribution is -0.387. The van der Waals surface area contributed by atoms with Crippen LogP contribution in [0.1, 0.15) is 24.2 Å². The van der Waals surface area contributed by atoms with Crippen molar-refractivity contribution in [2.24, 2.45) is 0 Å². The van der Waals surface area contributed by atoms with Crippen LogP contribution in [0.2, 0.25) is 0 Å². The fraction of sp³-hybridized carbons (Fsp3) is 0.462. The number of benzene rings is 1. The molecule has 2 unspecified atom stereocenters. The third-order valence-electron chi connectivity index (χ3n) is 3.17. The van der Waals surface area contributed by atoms with Gasteiger partial charge in [-0.3, -0.25) is 14.9 Å². The molecule has 0 saturated carbocycles. The molecule has 1 aliphatic rings. The average Bonchev–Trinajstić information content (AvgIpc) is 2.38. The minimum absolute atomic E-state index is 0.198. The van der Waals surface area contributed by atoms with Crippen molar-refractivity contribution in [3.8, 4) is 0 Å². The summed E-state index contributed by atoms with van der Waals surface area (Å²) in [7, 11) is 0. The molecule has 21 heavy (non-hydrogen) atoms. The van der Waals surface area contributed by atoms with E-state index in [1.165, 1.54) is 4.90 Å². The van der Waals surface area contributed by atoms with Crippen LogP contribution in [-0.4, -0.2) is 39.3 Å². The van der Waals surface area contributed by atoms with Gasteiger partial charge in [0, 0.05) is 23.6 Å². The summed E-state index contributed by atoms with van der Waals surface area (Å²) >= 11 is 1.72. The Bertz CT molecular complexity index is 587. The highest BCUT2D eigenvalue weighted by Crippen LogP contribution is 2.27. The second-order valence-electron chi connectivity index (χ2n) is 5.01. The van der Waals surface area contributed by atoms with Gasteiger partial charge in [-0.05, 0) is 6.07 Å². The number of nitro benzene ring substituents is 1. The molecule has 2 atom stereocenters. The van der Waals surface area contributed by atoms with E-state index in [4.69, 9.17) is 0 Å². The average molecular weight is 316 g/mol. The van der Waals surface area contributed by atoms with E-state index in [1.807, 2.05) is 13.8 Å². The number of carbonyl (C=O) groups is 1. The third kappa shape index (κ3) is 3.31. The first-order chi connectivity index (χ1) is 9.79. The highest BCUT2D eigenvalue weighted by atomic mass is 32.2. The van der Waals surface area contributed by atoms with E-state index in [0.29, 0.717) is 25.2 Å². The molecule has 8 heteroatoms. The van der Waals surface area contributed by atoms with E-state index in [9.17, 15) is 23.7 Å². The molecule has 2 rings (SSSR count). The summed E-state index contributed by atoms with van der Waals surface area (Å²) in [6.07, 6.45) is 0. The maximum Gasteiger partial charge on any atom is 0.307 e. The highest BCUT2D eigenvalue weighted by molar-refractivity contribution is 8.00. The lowest BCUT2D eigenvalue weighted by Gasteiger charge is -2.34. The van der Waals surface area contributed by atoms with Crippen LogP contribution in [0.5, 0.6) is 0 Å². The van der Waals surface area contributed by atoms with Crippen molar-refractivity contribution in [3.05, 3.63) is 39.4 Å². The number of halogens is 2. The Hall–Kier alpha value is -1.70. The molecule has 5 nitrogen and oxygen atoms in total. The van der Waals surface area contributed by atoms with Gasteiger partial charge in [0.05, 0.1) is 16.6 Å². The lowest BCUT2D eigenvalue weighted by atomic mass is 10.1. The highest BCUT2D eigenvalue weighted by Gasteiger charge is 2.30. The fourth-order valence-corrected chi connectivity index (χ4v) is 3.68. The Morgan fingerprint density at radius 3 is 2.38 bits per heavy atom. The lowest BCUT2D eigenvalue weighted by Crippen LogP contribution is -2.44. The van der Waals surface area contributed by atoms with Gasteiger partial charge < -0.3 is 4.90 Å². The van der Waals surface area contributed by atoms with E-state index in [-0.39, 0.29) is 10.5 Å². The molecule has 114 valence electrons. The Labute approximate surface area is 124 Å². The number of carbonyl (C=O) groups excluding carboxylic acids is 1. The quantitative estimate of drug-likeness (QED) is 0.622. The van der Waals surface area contributed by atoms with Gasteiger partial charge in [0.25, 0.3) is 5.91 Å². The first-order valence-corrected chi connectivity index (χ1v) is 7.32. The van der Waals surface area contributed by atoms with Crippen LogP contribution in [0.4, 0.5) is 14.5 Å². The topological polar surface area (TPSA) is 63.5 Å². The summed E-state index contributed by atoms with van der Waals surface area (Å²) in [5.74, 6) is -2.93. The molecule has 1 aromatic carbocycles. The van der Waals surface area contributed by atoms with E-state index >= 15 is 0 Å². The zero-order valence-electron chi connectivity index (χ0n) is 11.5. The summed E-state index contributed by atoms with van der Waals surface area (Å²) in [6, 6.07) is 1.06. The molecule has 1 amide bonds. The largest absolute Gasteiger partial charge is 0.336 e. The van der Waals surface area contributed by atoms with Gasteiger partial charge in [0.15, 0.2) is 0 Å². The number of nitro groups is 1. The molecule has 0 N–H and O–H groups in total. The van der Waals surface area contributed by atoms with E-state index in [0.717, 1.165) is 0 Å². The van der Waals surface area contributed by atoms with Crippen molar-refractivity contribution >= 4 is 23.4 Å². The van der Waals surface area contributed by atoms with Crippen LogP contribution in [0, 0.1) is 21.7 Å². The molecular weight excluding hydrogens is 302 g/mol. The summed E-state index contributed by atoms with van der Waals surface area (Å²) in [6.45, 7) is 4.78.